The highest BCUT2D eigenvalue weighted by Crippen LogP contribution is 2.19. The Morgan fingerprint density at radius 1 is 1.09 bits per heavy atom. The number of benzene rings is 1. The number of nitrogens with one attached hydrogen (secondary N) is 1. The predicted molar refractivity (Wildman–Crippen MR) is 137 cm³/mol. The highest BCUT2D eigenvalue weighted by atomic mass is 127. The van der Waals surface area contributed by atoms with Gasteiger partial charge in [-0.05, 0) is 32.9 Å². The number of rotatable bonds is 6. The van der Waals surface area contributed by atoms with Crippen molar-refractivity contribution in [2.45, 2.75) is 33.9 Å². The Morgan fingerprint density at radius 3 is 2.50 bits per heavy atom. The number of hydrogen-bond donors (Lipinski definition) is 1. The van der Waals surface area contributed by atoms with Crippen molar-refractivity contribution in [3.05, 3.63) is 65.3 Å². The lowest BCUT2D eigenvalue weighted by Crippen LogP contribution is -2.52. The van der Waals surface area contributed by atoms with E-state index in [9.17, 15) is 0 Å². The lowest BCUT2D eigenvalue weighted by molar-refractivity contribution is 0.169. The van der Waals surface area contributed by atoms with Crippen LogP contribution in [0.5, 0.6) is 0 Å². The van der Waals surface area contributed by atoms with Gasteiger partial charge >= 0.3 is 0 Å². The summed E-state index contributed by atoms with van der Waals surface area (Å²) in [5, 5.41) is 12.2. The average Bonchev–Trinajstić information content (AvgIpc) is 3.40. The Morgan fingerprint density at radius 2 is 1.84 bits per heavy atom. The van der Waals surface area contributed by atoms with Crippen molar-refractivity contribution in [3.63, 3.8) is 0 Å². The number of guanidine groups is 1. The van der Waals surface area contributed by atoms with Crippen molar-refractivity contribution < 1.29 is 4.52 Å². The van der Waals surface area contributed by atoms with E-state index in [1.54, 1.807) is 6.26 Å². The molecular weight excluding hydrogens is 517 g/mol. The van der Waals surface area contributed by atoms with Crippen molar-refractivity contribution in [1.82, 2.24) is 30.1 Å². The summed E-state index contributed by atoms with van der Waals surface area (Å²) in [5.41, 5.74) is 5.41. The van der Waals surface area contributed by atoms with Gasteiger partial charge in [-0.15, -0.1) is 24.0 Å². The van der Waals surface area contributed by atoms with E-state index in [0.717, 1.165) is 68.0 Å². The molecule has 0 radical (unpaired) electrons. The number of piperazine rings is 1. The molecule has 1 saturated heterocycles. The molecule has 0 saturated carbocycles. The summed E-state index contributed by atoms with van der Waals surface area (Å²) in [6.07, 6.45) is 1.63. The van der Waals surface area contributed by atoms with Gasteiger partial charge < -0.3 is 14.7 Å². The van der Waals surface area contributed by atoms with Gasteiger partial charge in [-0.2, -0.15) is 5.10 Å². The smallest absolute Gasteiger partial charge is 0.194 e. The van der Waals surface area contributed by atoms with E-state index in [1.165, 1.54) is 5.56 Å². The number of para-hydroxylation sites is 1. The minimum atomic E-state index is 0. The Labute approximate surface area is 206 Å². The van der Waals surface area contributed by atoms with Crippen LogP contribution < -0.4 is 5.32 Å². The predicted octanol–water partition coefficient (Wildman–Crippen LogP) is 3.38. The zero-order valence-corrected chi connectivity index (χ0v) is 21.3. The van der Waals surface area contributed by atoms with Gasteiger partial charge in [0.25, 0.3) is 0 Å². The van der Waals surface area contributed by atoms with Gasteiger partial charge in [-0.25, -0.2) is 9.67 Å². The molecule has 1 aliphatic heterocycles. The van der Waals surface area contributed by atoms with Crippen LogP contribution in [0.3, 0.4) is 0 Å². The molecule has 0 atom stereocenters. The Kier molecular flexibility index (Phi) is 8.68. The van der Waals surface area contributed by atoms with Gasteiger partial charge in [0, 0.05) is 56.6 Å². The zero-order chi connectivity index (χ0) is 21.6. The number of halogens is 1. The molecule has 1 fully saturated rings. The van der Waals surface area contributed by atoms with Crippen molar-refractivity contribution in [2.75, 3.05) is 32.7 Å². The van der Waals surface area contributed by atoms with Crippen molar-refractivity contribution in [3.8, 4) is 5.69 Å². The molecular formula is C23H32IN7O. The quantitative estimate of drug-likeness (QED) is 0.289. The van der Waals surface area contributed by atoms with E-state index in [2.05, 4.69) is 53.2 Å². The first kappa shape index (κ1) is 24.2. The van der Waals surface area contributed by atoms with E-state index in [4.69, 9.17) is 14.6 Å². The van der Waals surface area contributed by atoms with Crippen molar-refractivity contribution in [2.24, 2.45) is 4.99 Å². The van der Waals surface area contributed by atoms with Gasteiger partial charge in [0.1, 0.15) is 6.26 Å². The number of aryl methyl sites for hydroxylation is 1. The van der Waals surface area contributed by atoms with Gasteiger partial charge in [-0.3, -0.25) is 4.90 Å². The van der Waals surface area contributed by atoms with E-state index in [1.807, 2.05) is 28.9 Å². The second kappa shape index (κ2) is 11.5. The highest BCUT2D eigenvalue weighted by molar-refractivity contribution is 14.0. The summed E-state index contributed by atoms with van der Waals surface area (Å²) in [4.78, 5) is 9.71. The third-order valence-corrected chi connectivity index (χ3v) is 5.71. The lowest BCUT2D eigenvalue weighted by Gasteiger charge is -2.36. The van der Waals surface area contributed by atoms with Gasteiger partial charge in [-0.1, -0.05) is 23.4 Å². The molecule has 1 aromatic carbocycles. The number of aromatic nitrogens is 3. The first-order valence-corrected chi connectivity index (χ1v) is 10.9. The molecule has 0 bridgehead atoms. The second-order valence-electron chi connectivity index (χ2n) is 7.82. The summed E-state index contributed by atoms with van der Waals surface area (Å²) in [6, 6.07) is 12.2. The van der Waals surface area contributed by atoms with Crippen LogP contribution in [0.25, 0.3) is 5.69 Å². The average molecular weight is 549 g/mol. The summed E-state index contributed by atoms with van der Waals surface area (Å²) in [6.45, 7) is 12.4. The first-order valence-electron chi connectivity index (χ1n) is 10.9. The standard InChI is InChI=1S/C23H31N7O.HI/c1-4-24-23(29-13-11-28(12-14-29)17-20-10-15-31-27-20)25-16-22-18(2)26-30(19(22)3)21-8-6-5-7-9-21;/h5-10,15H,4,11-14,16-17H2,1-3H3,(H,24,25);1H. The topological polar surface area (TPSA) is 74.7 Å². The Hall–Kier alpha value is -2.40. The van der Waals surface area contributed by atoms with Crippen LogP contribution in [-0.4, -0.2) is 63.4 Å². The molecule has 1 aliphatic rings. The zero-order valence-electron chi connectivity index (χ0n) is 19.0. The maximum atomic E-state index is 4.97. The van der Waals surface area contributed by atoms with Crippen molar-refractivity contribution in [1.29, 1.82) is 0 Å². The molecule has 4 rings (SSSR count). The molecule has 32 heavy (non-hydrogen) atoms. The molecule has 9 heteroatoms. The monoisotopic (exact) mass is 549 g/mol. The normalized spacial score (nSPS) is 15.0. The largest absolute Gasteiger partial charge is 0.364 e. The fourth-order valence-electron chi connectivity index (χ4n) is 3.97. The lowest BCUT2D eigenvalue weighted by atomic mass is 10.2. The molecule has 0 aliphatic carbocycles. The molecule has 0 spiro atoms. The van der Waals surface area contributed by atoms with Crippen LogP contribution in [0.2, 0.25) is 0 Å². The molecule has 2 aromatic heterocycles. The number of nitrogens with zero attached hydrogens (tertiary/aromatic N) is 6. The van der Waals surface area contributed by atoms with Crippen LogP contribution in [-0.2, 0) is 13.1 Å². The van der Waals surface area contributed by atoms with E-state index < -0.39 is 0 Å². The molecule has 0 unspecified atom stereocenters. The van der Waals surface area contributed by atoms with E-state index in [-0.39, 0.29) is 24.0 Å². The minimum Gasteiger partial charge on any atom is -0.364 e. The van der Waals surface area contributed by atoms with Crippen LogP contribution >= 0.6 is 24.0 Å². The number of hydrogen-bond acceptors (Lipinski definition) is 5. The fraction of sp³-hybridized carbons (Fsp3) is 0.435. The first-order chi connectivity index (χ1) is 15.2. The fourth-order valence-corrected chi connectivity index (χ4v) is 3.97. The molecule has 3 aromatic rings. The third kappa shape index (κ3) is 5.69. The second-order valence-corrected chi connectivity index (χ2v) is 7.82. The summed E-state index contributed by atoms with van der Waals surface area (Å²) in [5.74, 6) is 0.967. The molecule has 3 heterocycles. The van der Waals surface area contributed by atoms with Gasteiger partial charge in [0.15, 0.2) is 5.96 Å². The van der Waals surface area contributed by atoms with Crippen LogP contribution in [0.1, 0.15) is 29.6 Å². The van der Waals surface area contributed by atoms with Gasteiger partial charge in [0.05, 0.1) is 23.6 Å². The molecule has 1 N–H and O–H groups in total. The molecule has 8 nitrogen and oxygen atoms in total. The van der Waals surface area contributed by atoms with Crippen molar-refractivity contribution >= 4 is 29.9 Å². The highest BCUT2D eigenvalue weighted by Gasteiger charge is 2.21. The van der Waals surface area contributed by atoms with E-state index in [0.29, 0.717) is 6.54 Å². The van der Waals surface area contributed by atoms with Crippen LogP contribution in [0.15, 0.2) is 52.2 Å². The Balaban J connectivity index is 0.00000289. The minimum absolute atomic E-state index is 0. The van der Waals surface area contributed by atoms with Crippen LogP contribution in [0.4, 0.5) is 0 Å². The SMILES string of the molecule is CCNC(=NCc1c(C)nn(-c2ccccc2)c1C)N1CCN(Cc2ccon2)CC1.I. The third-order valence-electron chi connectivity index (χ3n) is 5.71. The maximum Gasteiger partial charge on any atom is 0.194 e. The molecule has 0 amide bonds. The van der Waals surface area contributed by atoms with E-state index >= 15 is 0 Å². The summed E-state index contributed by atoms with van der Waals surface area (Å²) in [7, 11) is 0. The maximum absolute atomic E-state index is 4.97. The number of aliphatic imine (C=N–C) groups is 1. The Bertz CT molecular complexity index is 993. The van der Waals surface area contributed by atoms with Gasteiger partial charge in [0.2, 0.25) is 0 Å². The summed E-state index contributed by atoms with van der Waals surface area (Å²) >= 11 is 0. The summed E-state index contributed by atoms with van der Waals surface area (Å²) < 4.78 is 6.96. The van der Waals surface area contributed by atoms with Crippen LogP contribution in [0, 0.1) is 13.8 Å². The molecule has 172 valence electrons.